The van der Waals surface area contributed by atoms with Gasteiger partial charge in [-0.05, 0) is 17.7 Å². The molecule has 96 valence electrons. The molecule has 0 fully saturated rings. The first-order valence-electron chi connectivity index (χ1n) is 6.11. The van der Waals surface area contributed by atoms with Gasteiger partial charge in [0.1, 0.15) is 10.8 Å². The maximum absolute atomic E-state index is 9.15. The number of benzene rings is 1. The van der Waals surface area contributed by atoms with E-state index in [-0.39, 0.29) is 6.61 Å². The van der Waals surface area contributed by atoms with Gasteiger partial charge in [0.05, 0.1) is 6.61 Å². The number of aromatic nitrogens is 2. The zero-order chi connectivity index (χ0) is 13.2. The van der Waals surface area contributed by atoms with Gasteiger partial charge in [-0.3, -0.25) is 0 Å². The van der Waals surface area contributed by atoms with Gasteiger partial charge < -0.3 is 9.67 Å². The van der Waals surface area contributed by atoms with Gasteiger partial charge in [-0.1, -0.05) is 41.9 Å². The van der Waals surface area contributed by atoms with Crippen molar-refractivity contribution in [3.8, 4) is 11.1 Å². The van der Waals surface area contributed by atoms with Crippen molar-refractivity contribution in [3.05, 3.63) is 53.8 Å². The predicted molar refractivity (Wildman–Crippen MR) is 77.3 cm³/mol. The van der Waals surface area contributed by atoms with E-state index < -0.39 is 0 Å². The maximum atomic E-state index is 9.15. The van der Waals surface area contributed by atoms with E-state index in [1.165, 1.54) is 0 Å². The second-order valence-corrected chi connectivity index (χ2v) is 4.72. The third-order valence-electron chi connectivity index (χ3n) is 3.11. The molecule has 0 bridgehead atoms. The number of aliphatic hydroxyl groups excluding tert-OH is 1. The molecule has 0 aliphatic rings. The number of hydrogen-bond donors (Lipinski definition) is 1. The van der Waals surface area contributed by atoms with Crippen LogP contribution >= 0.6 is 11.6 Å². The highest BCUT2D eigenvalue weighted by atomic mass is 35.5. The van der Waals surface area contributed by atoms with Gasteiger partial charge in [-0.25, -0.2) is 4.98 Å². The molecule has 1 aromatic carbocycles. The Morgan fingerprint density at radius 3 is 2.63 bits per heavy atom. The van der Waals surface area contributed by atoms with Crippen molar-refractivity contribution in [3.63, 3.8) is 0 Å². The van der Waals surface area contributed by atoms with Crippen LogP contribution in [0.4, 0.5) is 0 Å². The van der Waals surface area contributed by atoms with Crippen LogP contribution in [0.5, 0.6) is 0 Å². The molecule has 3 aromatic rings. The van der Waals surface area contributed by atoms with Crippen molar-refractivity contribution >= 4 is 22.6 Å². The van der Waals surface area contributed by atoms with Crippen LogP contribution in [0.2, 0.25) is 5.15 Å². The maximum Gasteiger partial charge on any atom is 0.142 e. The van der Waals surface area contributed by atoms with Gasteiger partial charge in [0.15, 0.2) is 0 Å². The standard InChI is InChI=1S/C15H13ClN2O/c16-14-7-6-12-13(11-4-2-1-3-5-11)10-18(8-9-19)15(12)17-14/h1-7,10,19H,8-9H2. The van der Waals surface area contributed by atoms with E-state index in [1.807, 2.05) is 35.0 Å². The Hall–Kier alpha value is -1.84. The molecule has 0 amide bonds. The zero-order valence-corrected chi connectivity index (χ0v) is 11.0. The highest BCUT2D eigenvalue weighted by molar-refractivity contribution is 6.29. The summed E-state index contributed by atoms with van der Waals surface area (Å²) in [5.41, 5.74) is 3.04. The van der Waals surface area contributed by atoms with Crippen molar-refractivity contribution in [2.24, 2.45) is 0 Å². The highest BCUT2D eigenvalue weighted by Gasteiger charge is 2.11. The molecule has 0 spiro atoms. The first-order valence-corrected chi connectivity index (χ1v) is 6.49. The summed E-state index contributed by atoms with van der Waals surface area (Å²) >= 11 is 5.96. The second-order valence-electron chi connectivity index (χ2n) is 4.33. The Balaban J connectivity index is 2.25. The van der Waals surface area contributed by atoms with Gasteiger partial charge in [-0.15, -0.1) is 0 Å². The molecule has 0 aliphatic heterocycles. The monoisotopic (exact) mass is 272 g/mol. The van der Waals surface area contributed by atoms with Crippen LogP contribution in [0.1, 0.15) is 0 Å². The van der Waals surface area contributed by atoms with Crippen LogP contribution < -0.4 is 0 Å². The van der Waals surface area contributed by atoms with E-state index >= 15 is 0 Å². The number of rotatable bonds is 3. The number of aliphatic hydroxyl groups is 1. The molecule has 0 saturated carbocycles. The van der Waals surface area contributed by atoms with Crippen molar-refractivity contribution in [2.75, 3.05) is 6.61 Å². The number of halogens is 1. The molecule has 19 heavy (non-hydrogen) atoms. The number of fused-ring (bicyclic) bond motifs is 1. The number of nitrogens with zero attached hydrogens (tertiary/aromatic N) is 2. The van der Waals surface area contributed by atoms with E-state index in [0.29, 0.717) is 11.7 Å². The number of hydrogen-bond acceptors (Lipinski definition) is 2. The van der Waals surface area contributed by atoms with Gasteiger partial charge in [0.2, 0.25) is 0 Å². The molecule has 2 heterocycles. The van der Waals surface area contributed by atoms with Crippen LogP contribution in [0.15, 0.2) is 48.7 Å². The minimum absolute atomic E-state index is 0.0756. The van der Waals surface area contributed by atoms with Crippen LogP contribution in [0, 0.1) is 0 Å². The average molecular weight is 273 g/mol. The Morgan fingerprint density at radius 1 is 1.11 bits per heavy atom. The Bertz CT molecular complexity index is 707. The minimum Gasteiger partial charge on any atom is -0.395 e. The largest absolute Gasteiger partial charge is 0.395 e. The zero-order valence-electron chi connectivity index (χ0n) is 10.3. The molecule has 0 unspecified atom stereocenters. The SMILES string of the molecule is OCCn1cc(-c2ccccc2)c2ccc(Cl)nc21. The lowest BCUT2D eigenvalue weighted by molar-refractivity contribution is 0.278. The van der Waals surface area contributed by atoms with Crippen LogP contribution in [-0.4, -0.2) is 21.3 Å². The van der Waals surface area contributed by atoms with Crippen molar-refractivity contribution in [1.29, 1.82) is 0 Å². The van der Waals surface area contributed by atoms with Crippen molar-refractivity contribution < 1.29 is 5.11 Å². The molecule has 0 saturated heterocycles. The van der Waals surface area contributed by atoms with Crippen LogP contribution in [-0.2, 0) is 6.54 Å². The highest BCUT2D eigenvalue weighted by Crippen LogP contribution is 2.30. The van der Waals surface area contributed by atoms with Gasteiger partial charge in [-0.2, -0.15) is 0 Å². The van der Waals surface area contributed by atoms with E-state index in [4.69, 9.17) is 16.7 Å². The molecular weight excluding hydrogens is 260 g/mol. The van der Waals surface area contributed by atoms with E-state index in [9.17, 15) is 0 Å². The lowest BCUT2D eigenvalue weighted by atomic mass is 10.1. The minimum atomic E-state index is 0.0756. The van der Waals surface area contributed by atoms with Gasteiger partial charge >= 0.3 is 0 Å². The summed E-state index contributed by atoms with van der Waals surface area (Å²) < 4.78 is 1.93. The number of pyridine rings is 1. The molecule has 0 aliphatic carbocycles. The fourth-order valence-electron chi connectivity index (χ4n) is 2.27. The molecule has 3 nitrogen and oxygen atoms in total. The van der Waals surface area contributed by atoms with E-state index in [2.05, 4.69) is 17.1 Å². The molecule has 4 heteroatoms. The summed E-state index contributed by atoms with van der Waals surface area (Å²) in [6, 6.07) is 13.9. The van der Waals surface area contributed by atoms with Gasteiger partial charge in [0, 0.05) is 23.7 Å². The third kappa shape index (κ3) is 2.23. The lowest BCUT2D eigenvalue weighted by Crippen LogP contribution is -2.01. The molecular formula is C15H13ClN2O. The fraction of sp³-hybridized carbons (Fsp3) is 0.133. The first-order chi connectivity index (χ1) is 9.29. The molecule has 2 aromatic heterocycles. The fourth-order valence-corrected chi connectivity index (χ4v) is 2.41. The van der Waals surface area contributed by atoms with Crippen LogP contribution in [0.3, 0.4) is 0 Å². The summed E-state index contributed by atoms with van der Waals surface area (Å²) in [5.74, 6) is 0. The summed E-state index contributed by atoms with van der Waals surface area (Å²) in [5, 5.41) is 10.7. The predicted octanol–water partition coefficient (Wildman–Crippen LogP) is 3.35. The van der Waals surface area contributed by atoms with Crippen molar-refractivity contribution in [2.45, 2.75) is 6.54 Å². The normalized spacial score (nSPS) is 11.1. The van der Waals surface area contributed by atoms with Crippen LogP contribution in [0.25, 0.3) is 22.2 Å². The molecule has 0 radical (unpaired) electrons. The molecule has 0 atom stereocenters. The smallest absolute Gasteiger partial charge is 0.142 e. The molecule has 3 rings (SSSR count). The topological polar surface area (TPSA) is 38.0 Å². The Kier molecular flexibility index (Phi) is 3.23. The third-order valence-corrected chi connectivity index (χ3v) is 3.32. The lowest BCUT2D eigenvalue weighted by Gasteiger charge is -2.00. The molecule has 1 N–H and O–H groups in total. The Morgan fingerprint density at radius 2 is 1.89 bits per heavy atom. The summed E-state index contributed by atoms with van der Waals surface area (Å²) in [4.78, 5) is 4.36. The summed E-state index contributed by atoms with van der Waals surface area (Å²) in [6.07, 6.45) is 2.01. The first kappa shape index (κ1) is 12.2. The average Bonchev–Trinajstić information content (AvgIpc) is 2.79. The van der Waals surface area contributed by atoms with Gasteiger partial charge in [0.25, 0.3) is 0 Å². The quantitative estimate of drug-likeness (QED) is 0.743. The van der Waals surface area contributed by atoms with Crippen molar-refractivity contribution in [1.82, 2.24) is 9.55 Å². The Labute approximate surface area is 116 Å². The summed E-state index contributed by atoms with van der Waals surface area (Å²) in [6.45, 7) is 0.586. The van der Waals surface area contributed by atoms with E-state index in [1.54, 1.807) is 6.07 Å². The second kappa shape index (κ2) is 5.03. The van der Waals surface area contributed by atoms with E-state index in [0.717, 1.165) is 22.2 Å². The summed E-state index contributed by atoms with van der Waals surface area (Å²) in [7, 11) is 0.